The van der Waals surface area contributed by atoms with Crippen molar-refractivity contribution in [2.24, 2.45) is 10.1 Å². The first-order chi connectivity index (χ1) is 11.9. The molecule has 0 saturated heterocycles. The SMILES string of the molecule is CN=c1scc(-c2ccc(Cl)s2)n1N=Cc1ccc(C(C)(C)C)cc1. The van der Waals surface area contributed by atoms with Crippen LogP contribution < -0.4 is 4.80 Å². The fraction of sp³-hybridized carbons (Fsp3) is 0.263. The molecule has 0 spiro atoms. The minimum atomic E-state index is 0.150. The molecule has 0 aliphatic rings. The summed E-state index contributed by atoms with van der Waals surface area (Å²) in [5.41, 5.74) is 3.53. The summed E-state index contributed by atoms with van der Waals surface area (Å²) in [5, 5.41) is 6.72. The van der Waals surface area contributed by atoms with Gasteiger partial charge in [-0.2, -0.15) is 5.10 Å². The number of thiazole rings is 1. The van der Waals surface area contributed by atoms with Gasteiger partial charge >= 0.3 is 0 Å². The van der Waals surface area contributed by atoms with E-state index in [2.05, 4.69) is 60.5 Å². The van der Waals surface area contributed by atoms with E-state index in [1.54, 1.807) is 29.7 Å². The molecule has 0 saturated carbocycles. The highest BCUT2D eigenvalue weighted by atomic mass is 35.5. The zero-order valence-corrected chi connectivity index (χ0v) is 17.0. The smallest absolute Gasteiger partial charge is 0.205 e. The summed E-state index contributed by atoms with van der Waals surface area (Å²) in [6.45, 7) is 6.64. The summed E-state index contributed by atoms with van der Waals surface area (Å²) in [6, 6.07) is 12.4. The molecule has 3 rings (SSSR count). The highest BCUT2D eigenvalue weighted by Gasteiger charge is 2.13. The van der Waals surface area contributed by atoms with Crippen molar-refractivity contribution in [1.29, 1.82) is 0 Å². The van der Waals surface area contributed by atoms with Crippen LogP contribution in [0, 0.1) is 0 Å². The zero-order chi connectivity index (χ0) is 18.0. The number of benzene rings is 1. The molecule has 1 aromatic carbocycles. The maximum Gasteiger partial charge on any atom is 0.205 e. The predicted molar refractivity (Wildman–Crippen MR) is 110 cm³/mol. The van der Waals surface area contributed by atoms with Gasteiger partial charge in [0.15, 0.2) is 0 Å². The van der Waals surface area contributed by atoms with Crippen molar-refractivity contribution in [1.82, 2.24) is 4.68 Å². The first-order valence-corrected chi connectivity index (χ1v) is 10.00. The summed E-state index contributed by atoms with van der Waals surface area (Å²) in [6.07, 6.45) is 1.87. The lowest BCUT2D eigenvalue weighted by Gasteiger charge is -2.18. The zero-order valence-electron chi connectivity index (χ0n) is 14.7. The summed E-state index contributed by atoms with van der Waals surface area (Å²) in [4.78, 5) is 6.25. The van der Waals surface area contributed by atoms with Crippen molar-refractivity contribution in [3.8, 4) is 10.6 Å². The van der Waals surface area contributed by atoms with Crippen molar-refractivity contribution in [2.75, 3.05) is 7.05 Å². The Kier molecular flexibility index (Phi) is 5.27. The van der Waals surface area contributed by atoms with Crippen LogP contribution in [-0.4, -0.2) is 17.9 Å². The summed E-state index contributed by atoms with van der Waals surface area (Å²) in [7, 11) is 1.78. The lowest BCUT2D eigenvalue weighted by Crippen LogP contribution is -2.12. The number of hydrogen-bond acceptors (Lipinski definition) is 4. The minimum Gasteiger partial charge on any atom is -0.261 e. The van der Waals surface area contributed by atoms with E-state index in [0.717, 1.165) is 25.3 Å². The number of halogens is 1. The van der Waals surface area contributed by atoms with Crippen LogP contribution in [0.25, 0.3) is 10.6 Å². The normalized spacial score (nSPS) is 13.1. The van der Waals surface area contributed by atoms with E-state index in [1.165, 1.54) is 5.56 Å². The third-order valence-electron chi connectivity index (χ3n) is 3.80. The molecule has 0 aliphatic heterocycles. The average Bonchev–Trinajstić information content (AvgIpc) is 3.18. The van der Waals surface area contributed by atoms with Crippen LogP contribution in [0.2, 0.25) is 4.34 Å². The molecular formula is C19H20ClN3S2. The van der Waals surface area contributed by atoms with Gasteiger partial charge in [-0.3, -0.25) is 4.99 Å². The topological polar surface area (TPSA) is 29.6 Å². The Morgan fingerprint density at radius 3 is 2.36 bits per heavy atom. The van der Waals surface area contributed by atoms with Gasteiger partial charge in [0.1, 0.15) is 0 Å². The molecule has 25 heavy (non-hydrogen) atoms. The van der Waals surface area contributed by atoms with Gasteiger partial charge in [0, 0.05) is 12.4 Å². The lowest BCUT2D eigenvalue weighted by atomic mass is 9.87. The lowest BCUT2D eigenvalue weighted by molar-refractivity contribution is 0.590. The van der Waals surface area contributed by atoms with Gasteiger partial charge in [-0.05, 0) is 28.7 Å². The fourth-order valence-corrected chi connectivity index (χ4v) is 4.29. The van der Waals surface area contributed by atoms with Gasteiger partial charge < -0.3 is 0 Å². The molecule has 0 atom stereocenters. The molecule has 0 aliphatic carbocycles. The van der Waals surface area contributed by atoms with Crippen molar-refractivity contribution in [3.63, 3.8) is 0 Å². The molecule has 0 N–H and O–H groups in total. The Bertz CT molecular complexity index is 954. The van der Waals surface area contributed by atoms with Crippen molar-refractivity contribution in [2.45, 2.75) is 26.2 Å². The Morgan fingerprint density at radius 2 is 1.80 bits per heavy atom. The highest BCUT2D eigenvalue weighted by Crippen LogP contribution is 2.31. The molecule has 2 aromatic heterocycles. The number of rotatable bonds is 3. The molecule has 0 unspecified atom stereocenters. The first kappa shape index (κ1) is 18.1. The van der Waals surface area contributed by atoms with Gasteiger partial charge in [0.25, 0.3) is 0 Å². The van der Waals surface area contributed by atoms with Gasteiger partial charge in [0.2, 0.25) is 4.80 Å². The van der Waals surface area contributed by atoms with Crippen LogP contribution in [0.3, 0.4) is 0 Å². The number of hydrogen-bond donors (Lipinski definition) is 0. The quantitative estimate of drug-likeness (QED) is 0.519. The second kappa shape index (κ2) is 7.28. The number of thiophene rings is 1. The van der Waals surface area contributed by atoms with Crippen LogP contribution in [0.1, 0.15) is 31.9 Å². The molecule has 0 fully saturated rings. The molecule has 2 heterocycles. The molecule has 0 amide bonds. The van der Waals surface area contributed by atoms with Crippen molar-refractivity contribution in [3.05, 3.63) is 62.0 Å². The second-order valence-electron chi connectivity index (χ2n) is 6.66. The largest absolute Gasteiger partial charge is 0.261 e. The highest BCUT2D eigenvalue weighted by molar-refractivity contribution is 7.19. The number of aromatic nitrogens is 1. The molecule has 3 aromatic rings. The Hall–Kier alpha value is -1.69. The summed E-state index contributed by atoms with van der Waals surface area (Å²) >= 11 is 9.19. The monoisotopic (exact) mass is 389 g/mol. The van der Waals surface area contributed by atoms with Gasteiger partial charge in [0.05, 0.1) is 21.1 Å². The van der Waals surface area contributed by atoms with Crippen LogP contribution in [0.15, 0.2) is 51.9 Å². The predicted octanol–water partition coefficient (Wildman–Crippen LogP) is 5.64. The Morgan fingerprint density at radius 1 is 1.08 bits per heavy atom. The number of nitrogens with zero attached hydrogens (tertiary/aromatic N) is 3. The average molecular weight is 390 g/mol. The summed E-state index contributed by atoms with van der Waals surface area (Å²) in [5.74, 6) is 0. The van der Waals surface area contributed by atoms with Crippen LogP contribution in [0.4, 0.5) is 0 Å². The van der Waals surface area contributed by atoms with E-state index < -0.39 is 0 Å². The maximum absolute atomic E-state index is 6.08. The van der Waals surface area contributed by atoms with Gasteiger partial charge in [-0.25, -0.2) is 4.68 Å². The first-order valence-electron chi connectivity index (χ1n) is 7.92. The molecule has 130 valence electrons. The van der Waals surface area contributed by atoms with E-state index in [0.29, 0.717) is 0 Å². The van der Waals surface area contributed by atoms with E-state index in [9.17, 15) is 0 Å². The molecule has 6 heteroatoms. The fourth-order valence-electron chi connectivity index (χ4n) is 2.38. The van der Waals surface area contributed by atoms with E-state index in [-0.39, 0.29) is 5.41 Å². The van der Waals surface area contributed by atoms with Crippen LogP contribution in [-0.2, 0) is 5.41 Å². The minimum absolute atomic E-state index is 0.150. The van der Waals surface area contributed by atoms with Crippen molar-refractivity contribution < 1.29 is 0 Å². The third-order valence-corrected chi connectivity index (χ3v) is 5.96. The van der Waals surface area contributed by atoms with Crippen LogP contribution >= 0.6 is 34.3 Å². The molecule has 0 radical (unpaired) electrons. The van der Waals surface area contributed by atoms with E-state index >= 15 is 0 Å². The molecule has 0 bridgehead atoms. The van der Waals surface area contributed by atoms with Gasteiger partial charge in [-0.1, -0.05) is 56.6 Å². The third kappa shape index (κ3) is 4.11. The Labute approximate surface area is 161 Å². The van der Waals surface area contributed by atoms with E-state index in [1.807, 2.05) is 23.0 Å². The van der Waals surface area contributed by atoms with Gasteiger partial charge in [-0.15, -0.1) is 22.7 Å². The van der Waals surface area contributed by atoms with Crippen molar-refractivity contribution >= 4 is 40.5 Å². The van der Waals surface area contributed by atoms with Crippen LogP contribution in [0.5, 0.6) is 0 Å². The molecule has 3 nitrogen and oxygen atoms in total. The van der Waals surface area contributed by atoms with E-state index in [4.69, 9.17) is 11.6 Å². The second-order valence-corrected chi connectivity index (χ2v) is 9.21. The molecular weight excluding hydrogens is 370 g/mol. The standard InChI is InChI=1S/C19H20ClN3S2/c1-19(2,3)14-7-5-13(6-8-14)11-22-23-15(12-24-18(23)21-4)16-9-10-17(20)25-16/h5-12H,1-4H3. The summed E-state index contributed by atoms with van der Waals surface area (Å²) < 4.78 is 2.63. The Balaban J connectivity index is 1.95. The maximum atomic E-state index is 6.08.